The number of aromatic nitrogens is 4. The summed E-state index contributed by atoms with van der Waals surface area (Å²) in [4.78, 5) is 21.4. The van der Waals surface area contributed by atoms with E-state index in [4.69, 9.17) is 26.8 Å². The van der Waals surface area contributed by atoms with Gasteiger partial charge in [-0.15, -0.1) is 0 Å². The van der Waals surface area contributed by atoms with E-state index in [0.29, 0.717) is 35.1 Å². The van der Waals surface area contributed by atoms with Gasteiger partial charge < -0.3 is 25.2 Å². The highest BCUT2D eigenvalue weighted by molar-refractivity contribution is 6.32. The summed E-state index contributed by atoms with van der Waals surface area (Å²) >= 11 is 6.47. The maximum Gasteiger partial charge on any atom is 0.318 e. The fraction of sp³-hybridized carbons (Fsp3) is 0.471. The van der Waals surface area contributed by atoms with Crippen molar-refractivity contribution in [2.75, 3.05) is 44.0 Å². The van der Waals surface area contributed by atoms with Gasteiger partial charge in [0, 0.05) is 28.2 Å². The van der Waals surface area contributed by atoms with E-state index < -0.39 is 23.8 Å². The molecule has 8 rings (SSSR count). The maximum absolute atomic E-state index is 16.3. The molecule has 4 aliphatic rings. The summed E-state index contributed by atoms with van der Waals surface area (Å²) in [6.07, 6.45) is 5.54. The first-order valence-electron chi connectivity index (χ1n) is 16.1. The Balaban J connectivity index is 0.000000310. The lowest BCUT2D eigenvalue weighted by atomic mass is 9.97. The van der Waals surface area contributed by atoms with Gasteiger partial charge in [0.25, 0.3) is 0 Å². The van der Waals surface area contributed by atoms with E-state index in [0.717, 1.165) is 37.6 Å². The molecule has 3 unspecified atom stereocenters. The topological polar surface area (TPSA) is 123 Å². The summed E-state index contributed by atoms with van der Waals surface area (Å²) in [5.74, 6) is -0.655. The van der Waals surface area contributed by atoms with Gasteiger partial charge in [-0.3, -0.25) is 4.90 Å². The molecule has 0 amide bonds. The number of nitrogens with two attached hydrogens (primary N) is 1. The molecule has 254 valence electrons. The summed E-state index contributed by atoms with van der Waals surface area (Å²) in [7, 11) is 1.38. The minimum Gasteiger partial charge on any atom is -0.508 e. The lowest BCUT2D eigenvalue weighted by molar-refractivity contribution is 0.217. The second-order valence-electron chi connectivity index (χ2n) is 13.2. The predicted octanol–water partition coefficient (Wildman–Crippen LogP) is 6.73. The number of methoxy groups -OCH3 is 1. The summed E-state index contributed by atoms with van der Waals surface area (Å²) in [5, 5.41) is 10.9. The van der Waals surface area contributed by atoms with E-state index >= 15 is 4.39 Å². The van der Waals surface area contributed by atoms with Gasteiger partial charge in [-0.25, -0.2) is 23.1 Å². The Morgan fingerprint density at radius 3 is 2.69 bits per heavy atom. The number of anilines is 2. The van der Waals surface area contributed by atoms with Crippen LogP contribution in [-0.4, -0.2) is 75.0 Å². The minimum absolute atomic E-state index is 0.0426. The minimum atomic E-state index is -0.737. The molecule has 1 saturated carbocycles. The van der Waals surface area contributed by atoms with Gasteiger partial charge in [-0.2, -0.15) is 9.97 Å². The second-order valence-corrected chi connectivity index (χ2v) is 13.6. The molecule has 3 N–H and O–H groups in total. The van der Waals surface area contributed by atoms with Crippen molar-refractivity contribution in [1.82, 2.24) is 24.8 Å². The van der Waals surface area contributed by atoms with Gasteiger partial charge >= 0.3 is 6.01 Å². The molecule has 3 fully saturated rings. The van der Waals surface area contributed by atoms with Gasteiger partial charge in [0.2, 0.25) is 5.88 Å². The van der Waals surface area contributed by atoms with Gasteiger partial charge in [-0.1, -0.05) is 11.6 Å². The van der Waals surface area contributed by atoms with Crippen LogP contribution >= 0.6 is 11.6 Å². The SMILES string of the molecule is CC12CCCN1CC(F)C2.COc1nc2c3c(nc(-c4cc(O)cc(Cl)c4C4CC4)c(F)c3n1)OCCN2C(C)c1cc(F)cnc1N. The third-order valence-corrected chi connectivity index (χ3v) is 10.2. The molecule has 3 aliphatic heterocycles. The monoisotopic (exact) mass is 683 g/mol. The molecular formula is C34H37ClF3N7O3. The van der Waals surface area contributed by atoms with Crippen molar-refractivity contribution < 1.29 is 27.8 Å². The van der Waals surface area contributed by atoms with Crippen LogP contribution in [0, 0.1) is 11.6 Å². The summed E-state index contributed by atoms with van der Waals surface area (Å²) in [5.41, 5.74) is 7.73. The number of nitrogens with zero attached hydrogens (tertiary/aromatic N) is 6. The Bertz CT molecular complexity index is 1900. The van der Waals surface area contributed by atoms with Crippen LogP contribution in [0.25, 0.3) is 22.2 Å². The molecule has 0 radical (unpaired) electrons. The van der Waals surface area contributed by atoms with Crippen molar-refractivity contribution in [3.05, 3.63) is 52.2 Å². The third kappa shape index (κ3) is 5.80. The van der Waals surface area contributed by atoms with Crippen molar-refractivity contribution in [2.45, 2.75) is 69.6 Å². The van der Waals surface area contributed by atoms with Crippen LogP contribution in [-0.2, 0) is 0 Å². The molecule has 3 aromatic heterocycles. The molecule has 1 aromatic carbocycles. The van der Waals surface area contributed by atoms with Gasteiger partial charge in [0.15, 0.2) is 5.82 Å². The van der Waals surface area contributed by atoms with E-state index in [9.17, 15) is 13.9 Å². The van der Waals surface area contributed by atoms with Crippen LogP contribution in [0.15, 0.2) is 24.4 Å². The van der Waals surface area contributed by atoms with Crippen LogP contribution < -0.4 is 20.1 Å². The molecule has 3 atom stereocenters. The van der Waals surface area contributed by atoms with Crippen molar-refractivity contribution in [2.24, 2.45) is 0 Å². The quantitative estimate of drug-likeness (QED) is 0.234. The van der Waals surface area contributed by atoms with Crippen molar-refractivity contribution in [3.63, 3.8) is 0 Å². The normalized spacial score (nSPS) is 22.5. The number of nitrogen functional groups attached to an aromatic ring is 1. The summed E-state index contributed by atoms with van der Waals surface area (Å²) in [6.45, 7) is 6.28. The first-order chi connectivity index (χ1) is 23.0. The standard InChI is InChI=1S/C26H23ClF2N6O3.C8H14FN/c1-11(15-7-13(28)10-31-23(15)30)35-5-6-38-25-19-22(33-26(37-2)34-24(19)35)20(29)21(32-25)16-8-14(36)9-17(27)18(16)12-3-4-12;1-8-3-2-4-10(8)6-7(9)5-8/h7-12,36H,3-6H2,1-2H3,(H2,30,31);7H,2-6H2,1H3. The van der Waals surface area contributed by atoms with Crippen LogP contribution in [0.5, 0.6) is 17.6 Å². The maximum atomic E-state index is 16.3. The Hall–Kier alpha value is -4.10. The van der Waals surface area contributed by atoms with Crippen molar-refractivity contribution in [3.8, 4) is 28.9 Å². The molecule has 1 aliphatic carbocycles. The number of aromatic hydroxyl groups is 1. The molecule has 14 heteroatoms. The molecule has 48 heavy (non-hydrogen) atoms. The Morgan fingerprint density at radius 1 is 1.17 bits per heavy atom. The largest absolute Gasteiger partial charge is 0.508 e. The highest BCUT2D eigenvalue weighted by Crippen LogP contribution is 2.50. The highest BCUT2D eigenvalue weighted by Gasteiger charge is 2.44. The number of alkyl halides is 1. The van der Waals surface area contributed by atoms with Crippen LogP contribution in [0.2, 0.25) is 5.02 Å². The molecule has 2 saturated heterocycles. The van der Waals surface area contributed by atoms with Crippen molar-refractivity contribution in [1.29, 1.82) is 0 Å². The van der Waals surface area contributed by atoms with Crippen LogP contribution in [0.4, 0.5) is 24.8 Å². The predicted molar refractivity (Wildman–Crippen MR) is 177 cm³/mol. The van der Waals surface area contributed by atoms with Gasteiger partial charge in [0.05, 0.1) is 25.9 Å². The number of benzene rings is 1. The molecule has 6 heterocycles. The number of pyridine rings is 2. The van der Waals surface area contributed by atoms with E-state index in [-0.39, 0.29) is 58.1 Å². The molecular weight excluding hydrogens is 647 g/mol. The van der Waals surface area contributed by atoms with Crippen molar-refractivity contribution >= 4 is 34.1 Å². The molecule has 10 nitrogen and oxygen atoms in total. The average Bonchev–Trinajstić information content (AvgIpc) is 3.79. The highest BCUT2D eigenvalue weighted by atomic mass is 35.5. The third-order valence-electron chi connectivity index (χ3n) is 9.91. The Kier molecular flexibility index (Phi) is 8.39. The first kappa shape index (κ1) is 32.4. The number of rotatable bonds is 5. The van der Waals surface area contributed by atoms with E-state index in [2.05, 4.69) is 31.8 Å². The first-order valence-corrected chi connectivity index (χ1v) is 16.5. The number of hydrogen-bond donors (Lipinski definition) is 2. The van der Waals surface area contributed by atoms with Crippen LogP contribution in [0.1, 0.15) is 69.0 Å². The Morgan fingerprint density at radius 2 is 1.96 bits per heavy atom. The number of hydrogen-bond acceptors (Lipinski definition) is 10. The fourth-order valence-corrected chi connectivity index (χ4v) is 7.73. The number of phenols is 1. The molecule has 0 bridgehead atoms. The summed E-state index contributed by atoms with van der Waals surface area (Å²) < 4.78 is 54.6. The van der Waals surface area contributed by atoms with E-state index in [1.54, 1.807) is 4.90 Å². The van der Waals surface area contributed by atoms with E-state index in [1.807, 2.05) is 6.92 Å². The lowest BCUT2D eigenvalue weighted by Gasteiger charge is -2.30. The molecule has 4 aromatic rings. The zero-order valence-corrected chi connectivity index (χ0v) is 27.7. The number of fused-ring (bicyclic) bond motifs is 1. The zero-order valence-electron chi connectivity index (χ0n) is 26.9. The number of ether oxygens (including phenoxy) is 2. The van der Waals surface area contributed by atoms with Crippen LogP contribution in [0.3, 0.4) is 0 Å². The fourth-order valence-electron chi connectivity index (χ4n) is 7.37. The number of phenolic OH excluding ortho intramolecular Hbond substituents is 1. The summed E-state index contributed by atoms with van der Waals surface area (Å²) in [6, 6.07) is 3.62. The van der Waals surface area contributed by atoms with Gasteiger partial charge in [0.1, 0.15) is 52.6 Å². The molecule has 0 spiro atoms. The second kappa shape index (κ2) is 12.4. The van der Waals surface area contributed by atoms with Gasteiger partial charge in [-0.05, 0) is 82.2 Å². The lowest BCUT2D eigenvalue weighted by Crippen LogP contribution is -2.34. The average molecular weight is 684 g/mol. The zero-order chi connectivity index (χ0) is 33.9. The van der Waals surface area contributed by atoms with E-state index in [1.165, 1.54) is 38.2 Å². The number of halogens is 4. The smallest absolute Gasteiger partial charge is 0.318 e. The Labute approximate surface area is 281 Å².